The first-order valence-corrected chi connectivity index (χ1v) is 8.07. The molecule has 1 aliphatic heterocycles. The Morgan fingerprint density at radius 3 is 2.00 bits per heavy atom. The van der Waals surface area contributed by atoms with E-state index in [4.69, 9.17) is 0 Å². The Morgan fingerprint density at radius 1 is 1.05 bits per heavy atom. The number of nitrogens with zero attached hydrogens (tertiary/aromatic N) is 1. The molecule has 1 aliphatic rings. The van der Waals surface area contributed by atoms with Crippen LogP contribution in [0.4, 0.5) is 0 Å². The number of likely N-dealkylation sites (tertiary alicyclic amines) is 1. The van der Waals surface area contributed by atoms with Crippen LogP contribution in [0.3, 0.4) is 0 Å². The van der Waals surface area contributed by atoms with E-state index < -0.39 is 0 Å². The maximum Gasteiger partial charge on any atom is 0.0132 e. The fraction of sp³-hybridized carbons (Fsp3) is 1.00. The summed E-state index contributed by atoms with van der Waals surface area (Å²) in [5.41, 5.74) is 0.651. The number of hydrogen-bond acceptors (Lipinski definition) is 2. The van der Waals surface area contributed by atoms with Crippen LogP contribution in [0.1, 0.15) is 67.7 Å². The first-order valence-electron chi connectivity index (χ1n) is 8.07. The zero-order valence-corrected chi connectivity index (χ0v) is 14.3. The van der Waals surface area contributed by atoms with Gasteiger partial charge in [0.15, 0.2) is 0 Å². The minimum Gasteiger partial charge on any atom is -0.309 e. The van der Waals surface area contributed by atoms with E-state index in [1.54, 1.807) is 0 Å². The molecule has 0 aromatic carbocycles. The standard InChI is InChI=1S/C17H36N2/c1-14(2)12-19-10-8-15(9-11-19)18-17(6,7)13-16(3,4)5/h14-15,18H,8-13H2,1-7H3. The second-order valence-electron chi connectivity index (χ2n) is 8.73. The Hall–Kier alpha value is -0.0800. The second-order valence-corrected chi connectivity index (χ2v) is 8.73. The van der Waals surface area contributed by atoms with E-state index in [0.717, 1.165) is 5.92 Å². The summed E-state index contributed by atoms with van der Waals surface area (Å²) in [6, 6.07) is 0.709. The van der Waals surface area contributed by atoms with Gasteiger partial charge in [-0.15, -0.1) is 0 Å². The van der Waals surface area contributed by atoms with E-state index in [2.05, 4.69) is 58.7 Å². The van der Waals surface area contributed by atoms with E-state index in [1.165, 1.54) is 38.9 Å². The lowest BCUT2D eigenvalue weighted by molar-refractivity contribution is 0.148. The van der Waals surface area contributed by atoms with Crippen LogP contribution in [0.15, 0.2) is 0 Å². The lowest BCUT2D eigenvalue weighted by Gasteiger charge is -2.40. The number of rotatable bonds is 5. The van der Waals surface area contributed by atoms with Crippen LogP contribution in [0.5, 0.6) is 0 Å². The normalized spacial score (nSPS) is 20.2. The third-order valence-corrected chi connectivity index (χ3v) is 3.78. The van der Waals surface area contributed by atoms with Crippen LogP contribution < -0.4 is 5.32 Å². The molecule has 19 heavy (non-hydrogen) atoms. The number of piperidine rings is 1. The lowest BCUT2D eigenvalue weighted by Crippen LogP contribution is -2.52. The largest absolute Gasteiger partial charge is 0.309 e. The predicted octanol–water partition coefficient (Wildman–Crippen LogP) is 3.91. The SMILES string of the molecule is CC(C)CN1CCC(NC(C)(C)CC(C)(C)C)CC1. The van der Waals surface area contributed by atoms with Gasteiger partial charge in [-0.05, 0) is 57.5 Å². The van der Waals surface area contributed by atoms with E-state index in [0.29, 0.717) is 11.5 Å². The predicted molar refractivity (Wildman–Crippen MR) is 85.6 cm³/mol. The van der Waals surface area contributed by atoms with Gasteiger partial charge in [0.2, 0.25) is 0 Å². The summed E-state index contributed by atoms with van der Waals surface area (Å²) in [6.45, 7) is 20.1. The van der Waals surface area contributed by atoms with Gasteiger partial charge in [0, 0.05) is 18.1 Å². The Kier molecular flexibility index (Phi) is 5.88. The second kappa shape index (κ2) is 6.58. The van der Waals surface area contributed by atoms with Gasteiger partial charge in [0.25, 0.3) is 0 Å². The van der Waals surface area contributed by atoms with E-state index >= 15 is 0 Å². The van der Waals surface area contributed by atoms with Crippen LogP contribution in [0.25, 0.3) is 0 Å². The molecule has 2 heteroatoms. The molecule has 1 fully saturated rings. The number of nitrogens with one attached hydrogen (secondary N) is 1. The highest BCUT2D eigenvalue weighted by Gasteiger charge is 2.29. The van der Waals surface area contributed by atoms with Gasteiger partial charge in [0.05, 0.1) is 0 Å². The van der Waals surface area contributed by atoms with Gasteiger partial charge in [-0.2, -0.15) is 0 Å². The van der Waals surface area contributed by atoms with Crippen molar-refractivity contribution in [3.05, 3.63) is 0 Å². The molecule has 1 N–H and O–H groups in total. The minimum atomic E-state index is 0.253. The van der Waals surface area contributed by atoms with Gasteiger partial charge in [-0.1, -0.05) is 34.6 Å². The fourth-order valence-electron chi connectivity index (χ4n) is 3.71. The molecule has 0 unspecified atom stereocenters. The molecule has 0 saturated carbocycles. The number of hydrogen-bond donors (Lipinski definition) is 1. The summed E-state index contributed by atoms with van der Waals surface area (Å²) in [6.07, 6.45) is 3.84. The van der Waals surface area contributed by atoms with E-state index in [1.807, 2.05) is 0 Å². The molecule has 0 radical (unpaired) electrons. The van der Waals surface area contributed by atoms with Crippen molar-refractivity contribution in [2.45, 2.75) is 79.3 Å². The van der Waals surface area contributed by atoms with Crippen molar-refractivity contribution in [2.75, 3.05) is 19.6 Å². The first-order chi connectivity index (χ1) is 8.57. The summed E-state index contributed by atoms with van der Waals surface area (Å²) in [5.74, 6) is 0.793. The molecular weight excluding hydrogens is 232 g/mol. The fourth-order valence-corrected chi connectivity index (χ4v) is 3.71. The topological polar surface area (TPSA) is 15.3 Å². The molecule has 1 rings (SSSR count). The van der Waals surface area contributed by atoms with Crippen molar-refractivity contribution in [2.24, 2.45) is 11.3 Å². The highest BCUT2D eigenvalue weighted by molar-refractivity contribution is 4.88. The van der Waals surface area contributed by atoms with Gasteiger partial charge in [-0.25, -0.2) is 0 Å². The molecule has 1 saturated heterocycles. The Labute approximate surface area is 121 Å². The monoisotopic (exact) mass is 268 g/mol. The zero-order valence-electron chi connectivity index (χ0n) is 14.3. The first kappa shape index (κ1) is 17.0. The third-order valence-electron chi connectivity index (χ3n) is 3.78. The molecule has 2 nitrogen and oxygen atoms in total. The molecule has 0 spiro atoms. The summed E-state index contributed by atoms with van der Waals surface area (Å²) in [7, 11) is 0. The van der Waals surface area contributed by atoms with E-state index in [9.17, 15) is 0 Å². The van der Waals surface area contributed by atoms with Crippen molar-refractivity contribution < 1.29 is 0 Å². The van der Waals surface area contributed by atoms with Gasteiger partial charge >= 0.3 is 0 Å². The minimum absolute atomic E-state index is 0.253. The zero-order chi connectivity index (χ0) is 14.7. The molecule has 0 amide bonds. The summed E-state index contributed by atoms with van der Waals surface area (Å²) in [4.78, 5) is 2.62. The smallest absolute Gasteiger partial charge is 0.0132 e. The Bertz CT molecular complexity index is 255. The Morgan fingerprint density at radius 2 is 1.58 bits per heavy atom. The van der Waals surface area contributed by atoms with Crippen LogP contribution in [-0.4, -0.2) is 36.1 Å². The maximum atomic E-state index is 3.90. The summed E-state index contributed by atoms with van der Waals surface area (Å²) >= 11 is 0. The highest BCUT2D eigenvalue weighted by atomic mass is 15.1. The van der Waals surface area contributed by atoms with Gasteiger partial charge < -0.3 is 10.2 Å². The van der Waals surface area contributed by atoms with Crippen molar-refractivity contribution >= 4 is 0 Å². The molecule has 0 aromatic rings. The average Bonchev–Trinajstić information content (AvgIpc) is 2.15. The van der Waals surface area contributed by atoms with Gasteiger partial charge in [0.1, 0.15) is 0 Å². The molecule has 1 heterocycles. The summed E-state index contributed by atoms with van der Waals surface area (Å²) < 4.78 is 0. The van der Waals surface area contributed by atoms with Crippen LogP contribution in [0, 0.1) is 11.3 Å². The molecule has 114 valence electrons. The van der Waals surface area contributed by atoms with E-state index in [-0.39, 0.29) is 5.54 Å². The maximum absolute atomic E-state index is 3.90. The van der Waals surface area contributed by atoms with Crippen LogP contribution in [-0.2, 0) is 0 Å². The van der Waals surface area contributed by atoms with Crippen molar-refractivity contribution in [3.8, 4) is 0 Å². The van der Waals surface area contributed by atoms with Crippen molar-refractivity contribution in [3.63, 3.8) is 0 Å². The molecule has 0 aliphatic carbocycles. The average molecular weight is 268 g/mol. The molecule has 0 aromatic heterocycles. The van der Waals surface area contributed by atoms with Crippen LogP contribution in [0.2, 0.25) is 0 Å². The molecule has 0 atom stereocenters. The molecule has 0 bridgehead atoms. The molecular formula is C17H36N2. The van der Waals surface area contributed by atoms with Crippen molar-refractivity contribution in [1.29, 1.82) is 0 Å². The van der Waals surface area contributed by atoms with Crippen molar-refractivity contribution in [1.82, 2.24) is 10.2 Å². The summed E-state index contributed by atoms with van der Waals surface area (Å²) in [5, 5.41) is 3.90. The third kappa shape index (κ3) is 7.31. The Balaban J connectivity index is 2.36. The quantitative estimate of drug-likeness (QED) is 0.813. The van der Waals surface area contributed by atoms with Crippen LogP contribution >= 0.6 is 0 Å². The lowest BCUT2D eigenvalue weighted by atomic mass is 9.81. The van der Waals surface area contributed by atoms with Gasteiger partial charge in [-0.3, -0.25) is 0 Å². The highest BCUT2D eigenvalue weighted by Crippen LogP contribution is 2.28.